The summed E-state index contributed by atoms with van der Waals surface area (Å²) < 4.78 is 38.3. The molecule has 0 saturated heterocycles. The van der Waals surface area contributed by atoms with Crippen molar-refractivity contribution in [3.05, 3.63) is 29.3 Å². The van der Waals surface area contributed by atoms with Gasteiger partial charge in [-0.25, -0.2) is 0 Å². The van der Waals surface area contributed by atoms with Crippen molar-refractivity contribution in [3.63, 3.8) is 0 Å². The summed E-state index contributed by atoms with van der Waals surface area (Å²) in [7, 11) is 0. The van der Waals surface area contributed by atoms with E-state index in [4.69, 9.17) is 5.73 Å². The van der Waals surface area contributed by atoms with Crippen LogP contribution in [0.2, 0.25) is 0 Å². The highest BCUT2D eigenvalue weighted by atomic mass is 19.4. The van der Waals surface area contributed by atoms with Gasteiger partial charge in [-0.1, -0.05) is 19.3 Å². The van der Waals surface area contributed by atoms with Crippen molar-refractivity contribution in [1.29, 1.82) is 0 Å². The van der Waals surface area contributed by atoms with E-state index >= 15 is 0 Å². The summed E-state index contributed by atoms with van der Waals surface area (Å²) in [5.41, 5.74) is 4.92. The Kier molecular flexibility index (Phi) is 3.76. The van der Waals surface area contributed by atoms with Crippen molar-refractivity contribution in [3.8, 4) is 5.75 Å². The molecule has 0 spiro atoms. The lowest BCUT2D eigenvalue weighted by Gasteiger charge is -2.37. The summed E-state index contributed by atoms with van der Waals surface area (Å²) >= 11 is 0. The minimum atomic E-state index is -4.40. The van der Waals surface area contributed by atoms with Crippen molar-refractivity contribution in [2.24, 2.45) is 5.73 Å². The zero-order valence-electron chi connectivity index (χ0n) is 10.6. The lowest BCUT2D eigenvalue weighted by atomic mass is 9.69. The van der Waals surface area contributed by atoms with Gasteiger partial charge in [0.25, 0.3) is 0 Å². The first-order valence-corrected chi connectivity index (χ1v) is 6.50. The van der Waals surface area contributed by atoms with Crippen molar-refractivity contribution in [2.45, 2.75) is 43.7 Å². The van der Waals surface area contributed by atoms with Crippen LogP contribution < -0.4 is 5.73 Å². The average molecular weight is 273 g/mol. The van der Waals surface area contributed by atoms with E-state index in [0.29, 0.717) is 5.56 Å². The SMILES string of the molecule is NCC1(c2cc(C(F)(F)F)ccc2O)CCCCC1. The Morgan fingerprint density at radius 1 is 1.16 bits per heavy atom. The Morgan fingerprint density at radius 3 is 2.32 bits per heavy atom. The number of nitrogens with two attached hydrogens (primary N) is 1. The number of rotatable bonds is 2. The number of phenolic OH excluding ortho intramolecular Hbond substituents is 1. The number of alkyl halides is 3. The third kappa shape index (κ3) is 2.71. The molecule has 1 fully saturated rings. The van der Waals surface area contributed by atoms with Crippen LogP contribution in [-0.2, 0) is 11.6 Å². The highest BCUT2D eigenvalue weighted by Gasteiger charge is 2.38. The van der Waals surface area contributed by atoms with E-state index < -0.39 is 17.2 Å². The van der Waals surface area contributed by atoms with Gasteiger partial charge in [0, 0.05) is 17.5 Å². The van der Waals surface area contributed by atoms with Crippen LogP contribution in [0.5, 0.6) is 5.75 Å². The second-order valence-electron chi connectivity index (χ2n) is 5.27. The van der Waals surface area contributed by atoms with Crippen molar-refractivity contribution < 1.29 is 18.3 Å². The third-order valence-electron chi connectivity index (χ3n) is 4.10. The van der Waals surface area contributed by atoms with Gasteiger partial charge in [0.05, 0.1) is 5.56 Å². The van der Waals surface area contributed by atoms with Crippen molar-refractivity contribution in [2.75, 3.05) is 6.54 Å². The van der Waals surface area contributed by atoms with E-state index in [2.05, 4.69) is 0 Å². The Labute approximate surface area is 110 Å². The Hall–Kier alpha value is -1.23. The lowest BCUT2D eigenvalue weighted by Crippen LogP contribution is -2.37. The van der Waals surface area contributed by atoms with Crippen molar-refractivity contribution >= 4 is 0 Å². The number of hydrogen-bond acceptors (Lipinski definition) is 2. The standard InChI is InChI=1S/C14H18F3NO/c15-14(16,17)10-4-5-12(19)11(8-10)13(9-18)6-2-1-3-7-13/h4-5,8,19H,1-3,6-7,9,18H2. The first-order chi connectivity index (χ1) is 8.89. The minimum Gasteiger partial charge on any atom is -0.508 e. The fraction of sp³-hybridized carbons (Fsp3) is 0.571. The van der Waals surface area contributed by atoms with Crippen LogP contribution >= 0.6 is 0 Å². The van der Waals surface area contributed by atoms with E-state index in [9.17, 15) is 18.3 Å². The summed E-state index contributed by atoms with van der Waals surface area (Å²) in [4.78, 5) is 0. The summed E-state index contributed by atoms with van der Waals surface area (Å²) in [6.45, 7) is 0.266. The highest BCUT2D eigenvalue weighted by molar-refractivity contribution is 5.43. The van der Waals surface area contributed by atoms with Gasteiger partial charge in [0.1, 0.15) is 5.75 Å². The molecule has 0 amide bonds. The molecule has 1 aliphatic rings. The highest BCUT2D eigenvalue weighted by Crippen LogP contribution is 2.44. The molecule has 1 aromatic rings. The van der Waals surface area contributed by atoms with E-state index in [0.717, 1.165) is 50.3 Å². The van der Waals surface area contributed by atoms with Crippen LogP contribution in [0.15, 0.2) is 18.2 Å². The number of aromatic hydroxyl groups is 1. The van der Waals surface area contributed by atoms with E-state index in [1.807, 2.05) is 0 Å². The molecule has 19 heavy (non-hydrogen) atoms. The van der Waals surface area contributed by atoms with Crippen LogP contribution in [0, 0.1) is 0 Å². The topological polar surface area (TPSA) is 46.2 Å². The van der Waals surface area contributed by atoms with Gasteiger partial charge in [-0.05, 0) is 31.0 Å². The number of benzene rings is 1. The monoisotopic (exact) mass is 273 g/mol. The predicted octanol–water partition coefficient (Wildman–Crippen LogP) is 3.57. The first kappa shape index (κ1) is 14.2. The second-order valence-corrected chi connectivity index (χ2v) is 5.27. The molecule has 2 nitrogen and oxygen atoms in total. The zero-order chi connectivity index (χ0) is 14.1. The zero-order valence-corrected chi connectivity index (χ0v) is 10.6. The Morgan fingerprint density at radius 2 is 1.79 bits per heavy atom. The first-order valence-electron chi connectivity index (χ1n) is 6.50. The number of hydrogen-bond donors (Lipinski definition) is 2. The third-order valence-corrected chi connectivity index (χ3v) is 4.10. The van der Waals surface area contributed by atoms with Gasteiger partial charge < -0.3 is 10.8 Å². The van der Waals surface area contributed by atoms with E-state index in [-0.39, 0.29) is 12.3 Å². The maximum Gasteiger partial charge on any atom is 0.416 e. The normalized spacial score (nSPS) is 19.4. The maximum atomic E-state index is 12.8. The number of phenols is 1. The summed E-state index contributed by atoms with van der Waals surface area (Å²) in [5.74, 6) is -0.0830. The van der Waals surface area contributed by atoms with Crippen LogP contribution in [0.3, 0.4) is 0 Å². The molecule has 1 aromatic carbocycles. The van der Waals surface area contributed by atoms with Gasteiger partial charge in [-0.15, -0.1) is 0 Å². The lowest BCUT2D eigenvalue weighted by molar-refractivity contribution is -0.137. The predicted molar refractivity (Wildman–Crippen MR) is 66.9 cm³/mol. The minimum absolute atomic E-state index is 0.0830. The molecule has 2 rings (SSSR count). The molecule has 0 radical (unpaired) electrons. The van der Waals surface area contributed by atoms with Gasteiger partial charge >= 0.3 is 6.18 Å². The van der Waals surface area contributed by atoms with Crippen molar-refractivity contribution in [1.82, 2.24) is 0 Å². The molecule has 0 atom stereocenters. The molecule has 0 aromatic heterocycles. The van der Waals surface area contributed by atoms with E-state index in [1.54, 1.807) is 0 Å². The quantitative estimate of drug-likeness (QED) is 0.865. The Bertz CT molecular complexity index is 450. The van der Waals surface area contributed by atoms with Gasteiger partial charge in [-0.3, -0.25) is 0 Å². The van der Waals surface area contributed by atoms with Gasteiger partial charge in [0.2, 0.25) is 0 Å². The fourth-order valence-corrected chi connectivity index (χ4v) is 2.95. The van der Waals surface area contributed by atoms with E-state index in [1.165, 1.54) is 0 Å². The summed E-state index contributed by atoms with van der Waals surface area (Å²) in [6.07, 6.45) is 0.0187. The molecule has 1 aliphatic carbocycles. The molecular formula is C14H18F3NO. The second kappa shape index (κ2) is 5.04. The molecule has 0 bridgehead atoms. The maximum absolute atomic E-state index is 12.8. The molecule has 5 heteroatoms. The van der Waals surface area contributed by atoms with Crippen LogP contribution in [0.1, 0.15) is 43.2 Å². The average Bonchev–Trinajstić information content (AvgIpc) is 2.38. The van der Waals surface area contributed by atoms with Crippen LogP contribution in [-0.4, -0.2) is 11.7 Å². The molecule has 106 valence electrons. The smallest absolute Gasteiger partial charge is 0.416 e. The molecule has 1 saturated carbocycles. The Balaban J connectivity index is 2.47. The summed E-state index contributed by atoms with van der Waals surface area (Å²) in [6, 6.07) is 3.10. The number of halogens is 3. The molecule has 3 N–H and O–H groups in total. The van der Waals surface area contributed by atoms with Gasteiger partial charge in [0.15, 0.2) is 0 Å². The fourth-order valence-electron chi connectivity index (χ4n) is 2.95. The summed E-state index contributed by atoms with van der Waals surface area (Å²) in [5, 5.41) is 9.93. The molecular weight excluding hydrogens is 255 g/mol. The molecule has 0 unspecified atom stereocenters. The largest absolute Gasteiger partial charge is 0.508 e. The van der Waals surface area contributed by atoms with Crippen LogP contribution in [0.4, 0.5) is 13.2 Å². The molecule has 0 heterocycles. The van der Waals surface area contributed by atoms with Gasteiger partial charge in [-0.2, -0.15) is 13.2 Å². The van der Waals surface area contributed by atoms with Crippen LogP contribution in [0.25, 0.3) is 0 Å². The molecule has 0 aliphatic heterocycles.